The van der Waals surface area contributed by atoms with Crippen molar-refractivity contribution in [1.29, 1.82) is 0 Å². The van der Waals surface area contributed by atoms with Crippen molar-refractivity contribution in [2.45, 2.75) is 37.1 Å². The van der Waals surface area contributed by atoms with Crippen molar-refractivity contribution in [1.82, 2.24) is 19.2 Å². The van der Waals surface area contributed by atoms with E-state index in [4.69, 9.17) is 0 Å². The van der Waals surface area contributed by atoms with Crippen LogP contribution in [0, 0.1) is 0 Å². The molecule has 2 heterocycles. The van der Waals surface area contributed by atoms with Gasteiger partial charge in [-0.15, -0.1) is 12.4 Å². The van der Waals surface area contributed by atoms with Crippen LogP contribution in [0.25, 0.3) is 0 Å². The third kappa shape index (κ3) is 3.96. The third-order valence-electron chi connectivity index (χ3n) is 5.02. The Morgan fingerprint density at radius 2 is 2.00 bits per heavy atom. The molecule has 0 radical (unpaired) electrons. The third-order valence-corrected chi connectivity index (χ3v) is 6.94. The highest BCUT2D eigenvalue weighted by Crippen LogP contribution is 2.29. The molecule has 0 aliphatic carbocycles. The van der Waals surface area contributed by atoms with Gasteiger partial charge in [-0.2, -0.15) is 4.31 Å². The first-order chi connectivity index (χ1) is 11.9. The number of nitrogens with one attached hydrogen (secondary N) is 1. The summed E-state index contributed by atoms with van der Waals surface area (Å²) in [6.07, 6.45) is 4.58. The van der Waals surface area contributed by atoms with E-state index in [0.29, 0.717) is 30.4 Å². The normalized spacial score (nSPS) is 19.7. The fraction of sp³-hybridized carbons (Fsp3) is 0.500. The van der Waals surface area contributed by atoms with Crippen molar-refractivity contribution in [3.63, 3.8) is 0 Å². The molecule has 6 nitrogen and oxygen atoms in total. The second-order valence-corrected chi connectivity index (χ2v) is 8.50. The molecule has 1 aromatic carbocycles. The van der Waals surface area contributed by atoms with Crippen LogP contribution in [0.2, 0.25) is 0 Å². The largest absolute Gasteiger partial charge is 0.337 e. The van der Waals surface area contributed by atoms with Crippen LogP contribution in [-0.4, -0.2) is 41.9 Å². The lowest BCUT2D eigenvalue weighted by Crippen LogP contribution is -2.49. The summed E-state index contributed by atoms with van der Waals surface area (Å²) >= 11 is 0. The molecule has 3 rings (SSSR count). The maximum absolute atomic E-state index is 13.2. The molecule has 1 aromatic heterocycles. The number of halogens is 1. The zero-order chi connectivity index (χ0) is 18.0. The van der Waals surface area contributed by atoms with Gasteiger partial charge in [0.15, 0.2) is 0 Å². The van der Waals surface area contributed by atoms with Gasteiger partial charge in [-0.25, -0.2) is 13.4 Å². The summed E-state index contributed by atoms with van der Waals surface area (Å²) in [5.41, 5.74) is 1.17. The Bertz CT molecular complexity index is 820. The zero-order valence-corrected chi connectivity index (χ0v) is 17.1. The van der Waals surface area contributed by atoms with Crippen molar-refractivity contribution < 1.29 is 8.42 Å². The number of aryl methyl sites for hydroxylation is 1. The van der Waals surface area contributed by atoms with Crippen molar-refractivity contribution in [3.8, 4) is 0 Å². The molecule has 2 unspecified atom stereocenters. The number of hydrogen-bond donors (Lipinski definition) is 1. The van der Waals surface area contributed by atoms with Gasteiger partial charge in [0, 0.05) is 39.1 Å². The molecule has 144 valence electrons. The fourth-order valence-electron chi connectivity index (χ4n) is 3.23. The summed E-state index contributed by atoms with van der Waals surface area (Å²) < 4.78 is 29.9. The molecule has 1 fully saturated rings. The highest BCUT2D eigenvalue weighted by atomic mass is 35.5. The summed E-state index contributed by atoms with van der Waals surface area (Å²) in [6.45, 7) is 5.93. The van der Waals surface area contributed by atoms with Crippen LogP contribution >= 0.6 is 12.4 Å². The molecule has 1 saturated heterocycles. The highest BCUT2D eigenvalue weighted by molar-refractivity contribution is 7.89. The first-order valence-electron chi connectivity index (χ1n) is 8.75. The minimum Gasteiger partial charge on any atom is -0.337 e. The van der Waals surface area contributed by atoms with Gasteiger partial charge in [0.25, 0.3) is 0 Å². The Morgan fingerprint density at radius 3 is 2.58 bits per heavy atom. The number of aromatic nitrogens is 2. The van der Waals surface area contributed by atoms with Crippen LogP contribution < -0.4 is 5.32 Å². The molecular formula is C18H27ClN4O2S. The second-order valence-electron chi connectivity index (χ2n) is 6.61. The lowest BCUT2D eigenvalue weighted by molar-refractivity contribution is 0.258. The minimum atomic E-state index is -3.56. The smallest absolute Gasteiger partial charge is 0.243 e. The Kier molecular flexibility index (Phi) is 6.85. The van der Waals surface area contributed by atoms with E-state index in [1.165, 1.54) is 5.56 Å². The molecule has 0 amide bonds. The van der Waals surface area contributed by atoms with E-state index in [1.807, 2.05) is 29.9 Å². The Labute approximate surface area is 162 Å². The van der Waals surface area contributed by atoms with Gasteiger partial charge in [-0.1, -0.05) is 26.0 Å². The van der Waals surface area contributed by atoms with E-state index in [2.05, 4.69) is 24.1 Å². The molecule has 0 bridgehead atoms. The lowest BCUT2D eigenvalue weighted by Gasteiger charge is -2.34. The predicted octanol–water partition coefficient (Wildman–Crippen LogP) is 2.69. The fourth-order valence-corrected chi connectivity index (χ4v) is 4.82. The number of rotatable bonds is 5. The number of imidazole rings is 1. The first kappa shape index (κ1) is 20.9. The summed E-state index contributed by atoms with van der Waals surface area (Å²) in [6, 6.07) is 7.02. The maximum Gasteiger partial charge on any atom is 0.243 e. The Balaban J connectivity index is 0.00000243. The molecule has 1 aliphatic rings. The van der Waals surface area contributed by atoms with Gasteiger partial charge in [-0.05, 0) is 30.0 Å². The van der Waals surface area contributed by atoms with Crippen LogP contribution in [0.1, 0.15) is 43.6 Å². The van der Waals surface area contributed by atoms with Gasteiger partial charge >= 0.3 is 0 Å². The molecule has 8 heteroatoms. The van der Waals surface area contributed by atoms with Crippen molar-refractivity contribution in [3.05, 3.63) is 48.0 Å². The van der Waals surface area contributed by atoms with Gasteiger partial charge in [0.2, 0.25) is 10.0 Å². The van der Waals surface area contributed by atoms with Crippen LogP contribution in [0.4, 0.5) is 0 Å². The van der Waals surface area contributed by atoms with E-state index >= 15 is 0 Å². The predicted molar refractivity (Wildman–Crippen MR) is 105 cm³/mol. The summed E-state index contributed by atoms with van der Waals surface area (Å²) in [5, 5.41) is 3.28. The SMILES string of the molecule is CCC(C)c1ccc(S(=O)(=O)N2CCNCC2c2nccn2C)cc1.Cl. The maximum atomic E-state index is 13.2. The first-order valence-corrected chi connectivity index (χ1v) is 10.2. The number of sulfonamides is 1. The molecule has 2 atom stereocenters. The Morgan fingerprint density at radius 1 is 1.31 bits per heavy atom. The van der Waals surface area contributed by atoms with Crippen LogP contribution in [-0.2, 0) is 17.1 Å². The summed E-state index contributed by atoms with van der Waals surface area (Å²) in [7, 11) is -1.67. The van der Waals surface area contributed by atoms with Crippen molar-refractivity contribution in [2.75, 3.05) is 19.6 Å². The van der Waals surface area contributed by atoms with Crippen molar-refractivity contribution in [2.24, 2.45) is 7.05 Å². The van der Waals surface area contributed by atoms with Gasteiger partial charge in [0.1, 0.15) is 5.82 Å². The molecule has 0 saturated carbocycles. The molecule has 2 aromatic rings. The van der Waals surface area contributed by atoms with E-state index in [9.17, 15) is 8.42 Å². The van der Waals surface area contributed by atoms with Crippen LogP contribution in [0.5, 0.6) is 0 Å². The Hall–Kier alpha value is -1.41. The van der Waals surface area contributed by atoms with E-state index in [1.54, 1.807) is 22.6 Å². The minimum absolute atomic E-state index is 0. The van der Waals surface area contributed by atoms with Crippen LogP contribution in [0.3, 0.4) is 0 Å². The van der Waals surface area contributed by atoms with E-state index in [-0.39, 0.29) is 18.4 Å². The average Bonchev–Trinajstić information content (AvgIpc) is 3.07. The molecular weight excluding hydrogens is 372 g/mol. The summed E-state index contributed by atoms with van der Waals surface area (Å²) in [4.78, 5) is 4.71. The van der Waals surface area contributed by atoms with Crippen molar-refractivity contribution >= 4 is 22.4 Å². The van der Waals surface area contributed by atoms with E-state index < -0.39 is 10.0 Å². The topological polar surface area (TPSA) is 67.2 Å². The van der Waals surface area contributed by atoms with Gasteiger partial charge < -0.3 is 9.88 Å². The molecule has 1 N–H and O–H groups in total. The molecule has 0 spiro atoms. The van der Waals surface area contributed by atoms with Crippen LogP contribution in [0.15, 0.2) is 41.6 Å². The highest BCUT2D eigenvalue weighted by Gasteiger charge is 2.36. The average molecular weight is 399 g/mol. The number of benzene rings is 1. The second kappa shape index (κ2) is 8.52. The summed E-state index contributed by atoms with van der Waals surface area (Å²) in [5.74, 6) is 1.18. The number of hydrogen-bond acceptors (Lipinski definition) is 4. The number of piperazine rings is 1. The standard InChI is InChI=1S/C18H26N4O2S.ClH/c1-4-14(2)15-5-7-16(8-6-15)25(23,24)22-12-9-19-13-17(22)18-20-10-11-21(18)3;/h5-8,10-11,14,17,19H,4,9,12-13H2,1-3H3;1H. The van der Waals surface area contributed by atoms with Gasteiger partial charge in [-0.3, -0.25) is 0 Å². The number of nitrogens with zero attached hydrogens (tertiary/aromatic N) is 3. The lowest BCUT2D eigenvalue weighted by atomic mass is 9.99. The zero-order valence-electron chi connectivity index (χ0n) is 15.4. The monoisotopic (exact) mass is 398 g/mol. The molecule has 26 heavy (non-hydrogen) atoms. The quantitative estimate of drug-likeness (QED) is 0.840. The molecule has 1 aliphatic heterocycles. The van der Waals surface area contributed by atoms with E-state index in [0.717, 1.165) is 12.2 Å². The van der Waals surface area contributed by atoms with Gasteiger partial charge in [0.05, 0.1) is 10.9 Å².